The Labute approximate surface area is 71.7 Å². The van der Waals surface area contributed by atoms with E-state index in [0.29, 0.717) is 6.54 Å². The van der Waals surface area contributed by atoms with E-state index in [0.717, 1.165) is 6.54 Å². The first-order valence-corrected chi connectivity index (χ1v) is 4.10. The Balaban J connectivity index is 2.52. The Morgan fingerprint density at radius 1 is 1.58 bits per heavy atom. The minimum atomic E-state index is -0.664. The summed E-state index contributed by atoms with van der Waals surface area (Å²) in [5.41, 5.74) is 0. The highest BCUT2D eigenvalue weighted by Gasteiger charge is 2.07. The Hall–Kier alpha value is -0.870. The van der Waals surface area contributed by atoms with E-state index in [1.54, 1.807) is 0 Å². The van der Waals surface area contributed by atoms with Gasteiger partial charge in [-0.3, -0.25) is 0 Å². The van der Waals surface area contributed by atoms with E-state index >= 15 is 0 Å². The summed E-state index contributed by atoms with van der Waals surface area (Å²) in [4.78, 5) is 0. The van der Waals surface area contributed by atoms with Crippen molar-refractivity contribution in [2.75, 3.05) is 6.61 Å². The molecule has 0 radical (unpaired) electrons. The third kappa shape index (κ3) is 2.32. The second-order valence-corrected chi connectivity index (χ2v) is 2.78. The van der Waals surface area contributed by atoms with E-state index in [-0.39, 0.29) is 6.61 Å². The molecule has 0 aromatic carbocycles. The minimum Gasteiger partial charge on any atom is -0.394 e. The fourth-order valence-corrected chi connectivity index (χ4v) is 1.03. The van der Waals surface area contributed by atoms with Crippen LogP contribution in [0.3, 0.4) is 0 Å². The number of aryl methyl sites for hydroxylation is 1. The summed E-state index contributed by atoms with van der Waals surface area (Å²) >= 11 is 0. The van der Waals surface area contributed by atoms with Crippen LogP contribution < -0.4 is 4.57 Å². The van der Waals surface area contributed by atoms with E-state index in [1.807, 2.05) is 34.8 Å². The lowest BCUT2D eigenvalue weighted by atomic mass is 10.4. The molecule has 68 valence electrons. The van der Waals surface area contributed by atoms with Gasteiger partial charge in [-0.05, 0) is 6.92 Å². The van der Waals surface area contributed by atoms with Crippen LogP contribution in [0.5, 0.6) is 0 Å². The van der Waals surface area contributed by atoms with Gasteiger partial charge in [0.05, 0.1) is 13.2 Å². The van der Waals surface area contributed by atoms with Crippen molar-refractivity contribution >= 4 is 0 Å². The minimum absolute atomic E-state index is 0.190. The zero-order chi connectivity index (χ0) is 8.97. The molecule has 0 bridgehead atoms. The number of imidazole rings is 1. The van der Waals surface area contributed by atoms with E-state index < -0.39 is 6.10 Å². The summed E-state index contributed by atoms with van der Waals surface area (Å²) in [6.07, 6.45) is 5.05. The molecule has 0 saturated carbocycles. The van der Waals surface area contributed by atoms with Gasteiger partial charge in [0, 0.05) is 0 Å². The molecule has 1 heterocycles. The fraction of sp³-hybridized carbons (Fsp3) is 0.625. The molecule has 0 aliphatic heterocycles. The number of nitrogens with zero attached hydrogens (tertiary/aromatic N) is 2. The maximum Gasteiger partial charge on any atom is 0.243 e. The zero-order valence-electron chi connectivity index (χ0n) is 7.22. The summed E-state index contributed by atoms with van der Waals surface area (Å²) in [7, 11) is 0. The molecule has 2 N–H and O–H groups in total. The zero-order valence-corrected chi connectivity index (χ0v) is 7.22. The fourth-order valence-electron chi connectivity index (χ4n) is 1.03. The average Bonchev–Trinajstić information content (AvgIpc) is 2.52. The number of hydrogen-bond acceptors (Lipinski definition) is 2. The normalized spacial score (nSPS) is 13.2. The molecule has 12 heavy (non-hydrogen) atoms. The van der Waals surface area contributed by atoms with E-state index in [4.69, 9.17) is 10.2 Å². The molecule has 1 aromatic heterocycles. The van der Waals surface area contributed by atoms with Crippen LogP contribution in [0.25, 0.3) is 0 Å². The van der Waals surface area contributed by atoms with Gasteiger partial charge in [-0.1, -0.05) is 0 Å². The summed E-state index contributed by atoms with van der Waals surface area (Å²) in [5.74, 6) is 0. The van der Waals surface area contributed by atoms with Crippen LogP contribution in [0.15, 0.2) is 18.7 Å². The Bertz CT molecular complexity index is 235. The smallest absolute Gasteiger partial charge is 0.243 e. The monoisotopic (exact) mass is 171 g/mol. The Morgan fingerprint density at radius 3 is 2.83 bits per heavy atom. The van der Waals surface area contributed by atoms with E-state index in [1.165, 1.54) is 0 Å². The lowest BCUT2D eigenvalue weighted by Gasteiger charge is -2.01. The number of aliphatic hydroxyl groups is 2. The van der Waals surface area contributed by atoms with Gasteiger partial charge in [0.2, 0.25) is 6.33 Å². The second kappa shape index (κ2) is 4.23. The molecule has 0 saturated heterocycles. The van der Waals surface area contributed by atoms with Gasteiger partial charge in [0.15, 0.2) is 0 Å². The van der Waals surface area contributed by atoms with Crippen molar-refractivity contribution in [3.05, 3.63) is 18.7 Å². The van der Waals surface area contributed by atoms with Gasteiger partial charge in [-0.15, -0.1) is 0 Å². The molecule has 0 aliphatic carbocycles. The second-order valence-electron chi connectivity index (χ2n) is 2.78. The molecular formula is C8H15N2O2+. The van der Waals surface area contributed by atoms with Crippen molar-refractivity contribution in [3.8, 4) is 0 Å². The number of rotatable bonds is 4. The van der Waals surface area contributed by atoms with Gasteiger partial charge in [-0.25, -0.2) is 9.13 Å². The van der Waals surface area contributed by atoms with Crippen LogP contribution in [-0.2, 0) is 13.1 Å². The van der Waals surface area contributed by atoms with Crippen molar-refractivity contribution in [2.45, 2.75) is 26.1 Å². The van der Waals surface area contributed by atoms with Crippen LogP contribution in [-0.4, -0.2) is 27.5 Å². The molecule has 0 fully saturated rings. The third-order valence-corrected chi connectivity index (χ3v) is 1.74. The maximum absolute atomic E-state index is 9.11. The Kier molecular flexibility index (Phi) is 3.25. The summed E-state index contributed by atoms with van der Waals surface area (Å²) < 4.78 is 3.86. The predicted octanol–water partition coefficient (Wildman–Crippen LogP) is -0.851. The van der Waals surface area contributed by atoms with Crippen LogP contribution in [0, 0.1) is 0 Å². The molecule has 4 heteroatoms. The van der Waals surface area contributed by atoms with Crippen molar-refractivity contribution in [1.29, 1.82) is 0 Å². The van der Waals surface area contributed by atoms with E-state index in [2.05, 4.69) is 0 Å². The molecule has 1 aromatic rings. The van der Waals surface area contributed by atoms with Crippen molar-refractivity contribution in [2.24, 2.45) is 0 Å². The first-order valence-electron chi connectivity index (χ1n) is 4.10. The van der Waals surface area contributed by atoms with Crippen LogP contribution in [0.1, 0.15) is 6.92 Å². The highest BCUT2D eigenvalue weighted by molar-refractivity contribution is 4.65. The van der Waals surface area contributed by atoms with E-state index in [9.17, 15) is 0 Å². The van der Waals surface area contributed by atoms with Crippen LogP contribution >= 0.6 is 0 Å². The van der Waals surface area contributed by atoms with Crippen molar-refractivity contribution < 1.29 is 14.8 Å². The molecule has 1 atom stereocenters. The van der Waals surface area contributed by atoms with Gasteiger partial charge in [0.1, 0.15) is 25.0 Å². The first kappa shape index (κ1) is 9.22. The summed E-state index contributed by atoms with van der Waals surface area (Å²) in [6.45, 7) is 3.23. The molecular weight excluding hydrogens is 156 g/mol. The van der Waals surface area contributed by atoms with Gasteiger partial charge < -0.3 is 10.2 Å². The number of aromatic nitrogens is 2. The Morgan fingerprint density at radius 2 is 2.33 bits per heavy atom. The largest absolute Gasteiger partial charge is 0.394 e. The average molecular weight is 171 g/mol. The quantitative estimate of drug-likeness (QED) is 0.580. The van der Waals surface area contributed by atoms with Crippen LogP contribution in [0.2, 0.25) is 0 Å². The molecule has 0 spiro atoms. The van der Waals surface area contributed by atoms with Gasteiger partial charge in [-0.2, -0.15) is 0 Å². The van der Waals surface area contributed by atoms with Crippen molar-refractivity contribution in [1.82, 2.24) is 4.57 Å². The summed E-state index contributed by atoms with van der Waals surface area (Å²) in [6, 6.07) is 0. The SMILES string of the molecule is CCn1cc[n+](CC(O)CO)c1. The number of aliphatic hydroxyl groups excluding tert-OH is 2. The summed E-state index contributed by atoms with van der Waals surface area (Å²) in [5, 5.41) is 17.7. The standard InChI is InChI=1S/C8H15N2O2/c1-2-9-3-4-10(7-9)5-8(12)6-11/h3-4,7-8,11-12H,2,5-6H2,1H3/q+1. The molecule has 1 unspecified atom stereocenters. The number of hydrogen-bond donors (Lipinski definition) is 2. The predicted molar refractivity (Wildman–Crippen MR) is 43.4 cm³/mol. The third-order valence-electron chi connectivity index (χ3n) is 1.74. The molecule has 0 aliphatic rings. The lowest BCUT2D eigenvalue weighted by Crippen LogP contribution is -2.39. The van der Waals surface area contributed by atoms with Gasteiger partial charge in [0.25, 0.3) is 0 Å². The molecule has 0 amide bonds. The first-order chi connectivity index (χ1) is 5.76. The maximum atomic E-state index is 9.11. The van der Waals surface area contributed by atoms with Gasteiger partial charge >= 0.3 is 0 Å². The highest BCUT2D eigenvalue weighted by atomic mass is 16.3. The van der Waals surface area contributed by atoms with Crippen molar-refractivity contribution in [3.63, 3.8) is 0 Å². The van der Waals surface area contributed by atoms with Crippen LogP contribution in [0.4, 0.5) is 0 Å². The topological polar surface area (TPSA) is 49.3 Å². The molecule has 1 rings (SSSR count). The highest BCUT2D eigenvalue weighted by Crippen LogP contribution is 1.85. The lowest BCUT2D eigenvalue weighted by molar-refractivity contribution is -0.703. The molecule has 4 nitrogen and oxygen atoms in total.